The zero-order valence-corrected chi connectivity index (χ0v) is 9.26. The molecular weight excluding hydrogens is 212 g/mol. The van der Waals surface area contributed by atoms with Gasteiger partial charge < -0.3 is 4.74 Å². The number of nitrogens with zero attached hydrogens (tertiary/aromatic N) is 1. The van der Waals surface area contributed by atoms with Gasteiger partial charge in [-0.1, -0.05) is 6.07 Å². The molecule has 1 aromatic heterocycles. The number of thiophene rings is 1. The zero-order valence-electron chi connectivity index (χ0n) is 8.44. The van der Waals surface area contributed by atoms with E-state index in [0.29, 0.717) is 19.6 Å². The van der Waals surface area contributed by atoms with Crippen LogP contribution in [0.4, 0.5) is 0 Å². The summed E-state index contributed by atoms with van der Waals surface area (Å²) in [6.45, 7) is 2.94. The Morgan fingerprint density at radius 1 is 1.53 bits per heavy atom. The van der Waals surface area contributed by atoms with Gasteiger partial charge >= 0.3 is 0 Å². The van der Waals surface area contributed by atoms with Crippen LogP contribution >= 0.6 is 11.3 Å². The topological polar surface area (TPSA) is 41.6 Å². The van der Waals surface area contributed by atoms with Crippen molar-refractivity contribution >= 4 is 17.2 Å². The largest absolute Gasteiger partial charge is 0.379 e. The van der Waals surface area contributed by atoms with Crippen molar-refractivity contribution in [3.63, 3.8) is 0 Å². The Hall–Kier alpha value is -0.910. The molecule has 0 aliphatic carbocycles. The van der Waals surface area contributed by atoms with Gasteiger partial charge in [-0.3, -0.25) is 10.2 Å². The number of ether oxygens (including phenoxy) is 1. The van der Waals surface area contributed by atoms with Crippen LogP contribution in [0.2, 0.25) is 0 Å². The monoisotopic (exact) mass is 226 g/mol. The van der Waals surface area contributed by atoms with Crippen molar-refractivity contribution in [1.82, 2.24) is 10.4 Å². The summed E-state index contributed by atoms with van der Waals surface area (Å²) in [6.07, 6.45) is 0.467. The van der Waals surface area contributed by atoms with Crippen molar-refractivity contribution in [2.45, 2.75) is 6.42 Å². The highest BCUT2D eigenvalue weighted by atomic mass is 32.1. The molecule has 0 bridgehead atoms. The fourth-order valence-electron chi connectivity index (χ4n) is 1.46. The van der Waals surface area contributed by atoms with Crippen molar-refractivity contribution < 1.29 is 9.53 Å². The zero-order chi connectivity index (χ0) is 10.5. The Balaban J connectivity index is 1.76. The van der Waals surface area contributed by atoms with Gasteiger partial charge in [-0.05, 0) is 11.4 Å². The summed E-state index contributed by atoms with van der Waals surface area (Å²) >= 11 is 1.61. The Bertz CT molecular complexity index is 307. The van der Waals surface area contributed by atoms with E-state index >= 15 is 0 Å². The average molecular weight is 226 g/mol. The van der Waals surface area contributed by atoms with Crippen molar-refractivity contribution in [2.75, 3.05) is 26.3 Å². The molecule has 82 valence electrons. The van der Waals surface area contributed by atoms with Crippen LogP contribution in [-0.2, 0) is 16.0 Å². The molecule has 15 heavy (non-hydrogen) atoms. The van der Waals surface area contributed by atoms with E-state index in [1.54, 1.807) is 11.3 Å². The minimum absolute atomic E-state index is 0.0550. The van der Waals surface area contributed by atoms with E-state index in [1.807, 2.05) is 22.5 Å². The molecular formula is C10H14N2O2S. The van der Waals surface area contributed by atoms with Gasteiger partial charge in [0.05, 0.1) is 19.6 Å². The lowest BCUT2D eigenvalue weighted by Crippen LogP contribution is -2.48. The predicted molar refractivity (Wildman–Crippen MR) is 58.6 cm³/mol. The average Bonchev–Trinajstić information content (AvgIpc) is 2.71. The summed E-state index contributed by atoms with van der Waals surface area (Å²) in [4.78, 5) is 12.7. The molecule has 1 saturated heterocycles. The van der Waals surface area contributed by atoms with Crippen LogP contribution in [0.5, 0.6) is 0 Å². The number of hydrazine groups is 1. The van der Waals surface area contributed by atoms with Crippen molar-refractivity contribution in [3.05, 3.63) is 22.4 Å². The van der Waals surface area contributed by atoms with Crippen LogP contribution in [-0.4, -0.2) is 37.2 Å². The van der Waals surface area contributed by atoms with E-state index in [1.165, 1.54) is 0 Å². The van der Waals surface area contributed by atoms with E-state index in [9.17, 15) is 4.79 Å². The van der Waals surface area contributed by atoms with Crippen molar-refractivity contribution in [2.24, 2.45) is 0 Å². The molecule has 0 saturated carbocycles. The third-order valence-corrected chi connectivity index (χ3v) is 3.09. The lowest BCUT2D eigenvalue weighted by Gasteiger charge is -2.26. The summed E-state index contributed by atoms with van der Waals surface area (Å²) < 4.78 is 5.20. The normalized spacial score (nSPS) is 17.6. The molecule has 0 atom stereocenters. The Morgan fingerprint density at radius 2 is 2.33 bits per heavy atom. The van der Waals surface area contributed by atoms with Crippen molar-refractivity contribution in [1.29, 1.82) is 0 Å². The number of amides is 1. The third-order valence-electron chi connectivity index (χ3n) is 2.21. The van der Waals surface area contributed by atoms with Gasteiger partial charge in [-0.15, -0.1) is 11.3 Å². The van der Waals surface area contributed by atoms with Crippen LogP contribution in [0.15, 0.2) is 17.5 Å². The quantitative estimate of drug-likeness (QED) is 0.823. The molecule has 0 spiro atoms. The number of nitrogens with one attached hydrogen (secondary N) is 1. The number of carbonyl (C=O) groups excluding carboxylic acids is 1. The van der Waals surface area contributed by atoms with Crippen LogP contribution < -0.4 is 5.43 Å². The molecule has 1 fully saturated rings. The molecule has 1 N–H and O–H groups in total. The highest BCUT2D eigenvalue weighted by molar-refractivity contribution is 7.10. The van der Waals surface area contributed by atoms with Gasteiger partial charge in [-0.25, -0.2) is 5.01 Å². The van der Waals surface area contributed by atoms with Crippen LogP contribution in [0.1, 0.15) is 4.88 Å². The molecule has 0 aromatic carbocycles. The van der Waals surface area contributed by atoms with Crippen LogP contribution in [0.25, 0.3) is 0 Å². The van der Waals surface area contributed by atoms with Crippen LogP contribution in [0, 0.1) is 0 Å². The fraction of sp³-hybridized carbons (Fsp3) is 0.500. The highest BCUT2D eigenvalue weighted by Gasteiger charge is 2.13. The number of hydrogen-bond donors (Lipinski definition) is 1. The first-order valence-electron chi connectivity index (χ1n) is 4.99. The number of morpholine rings is 1. The Morgan fingerprint density at radius 3 is 3.00 bits per heavy atom. The second-order valence-electron chi connectivity index (χ2n) is 3.39. The van der Waals surface area contributed by atoms with E-state index in [-0.39, 0.29) is 5.91 Å². The first-order valence-corrected chi connectivity index (χ1v) is 5.87. The molecule has 0 unspecified atom stereocenters. The van der Waals surface area contributed by atoms with E-state index < -0.39 is 0 Å². The summed E-state index contributed by atoms with van der Waals surface area (Å²) in [5.41, 5.74) is 2.88. The summed E-state index contributed by atoms with van der Waals surface area (Å²) in [5, 5.41) is 3.90. The van der Waals surface area contributed by atoms with E-state index in [4.69, 9.17) is 4.74 Å². The third kappa shape index (κ3) is 3.30. The SMILES string of the molecule is O=C(Cc1cccs1)NN1CCOCC1. The maximum Gasteiger partial charge on any atom is 0.239 e. The molecule has 4 nitrogen and oxygen atoms in total. The van der Waals surface area contributed by atoms with Crippen molar-refractivity contribution in [3.8, 4) is 0 Å². The standard InChI is InChI=1S/C10H14N2O2S/c13-10(8-9-2-1-7-15-9)11-12-3-5-14-6-4-12/h1-2,7H,3-6,8H2,(H,11,13). The molecule has 0 radical (unpaired) electrons. The van der Waals surface area contributed by atoms with Gasteiger partial charge in [0, 0.05) is 18.0 Å². The smallest absolute Gasteiger partial charge is 0.239 e. The van der Waals surface area contributed by atoms with Crippen LogP contribution in [0.3, 0.4) is 0 Å². The Labute approximate surface area is 92.8 Å². The Kier molecular flexibility index (Phi) is 3.71. The number of carbonyl (C=O) groups is 1. The predicted octanol–water partition coefficient (Wildman–Crippen LogP) is 0.654. The van der Waals surface area contributed by atoms with E-state index in [2.05, 4.69) is 5.43 Å². The van der Waals surface area contributed by atoms with Gasteiger partial charge in [0.2, 0.25) is 5.91 Å². The molecule has 2 heterocycles. The minimum Gasteiger partial charge on any atom is -0.379 e. The van der Waals surface area contributed by atoms with E-state index in [0.717, 1.165) is 18.0 Å². The van der Waals surface area contributed by atoms with Gasteiger partial charge in [-0.2, -0.15) is 0 Å². The molecule has 2 rings (SSSR count). The second-order valence-corrected chi connectivity index (χ2v) is 4.42. The van der Waals surface area contributed by atoms with Gasteiger partial charge in [0.1, 0.15) is 0 Å². The maximum atomic E-state index is 11.6. The molecule has 1 amide bonds. The first-order chi connectivity index (χ1) is 7.34. The van der Waals surface area contributed by atoms with Gasteiger partial charge in [0.25, 0.3) is 0 Å². The minimum atomic E-state index is 0.0550. The number of hydrogen-bond acceptors (Lipinski definition) is 4. The molecule has 1 aliphatic rings. The second kappa shape index (κ2) is 5.25. The maximum absolute atomic E-state index is 11.6. The van der Waals surface area contributed by atoms with Gasteiger partial charge in [0.15, 0.2) is 0 Å². The highest BCUT2D eigenvalue weighted by Crippen LogP contribution is 2.08. The fourth-order valence-corrected chi connectivity index (χ4v) is 2.17. The molecule has 5 heteroatoms. The lowest BCUT2D eigenvalue weighted by atomic mass is 10.3. The summed E-state index contributed by atoms with van der Waals surface area (Å²) in [5.74, 6) is 0.0550. The molecule has 1 aliphatic heterocycles. The summed E-state index contributed by atoms with van der Waals surface area (Å²) in [7, 11) is 0. The number of rotatable bonds is 3. The molecule has 1 aromatic rings. The first kappa shape index (κ1) is 10.6. The lowest BCUT2D eigenvalue weighted by molar-refractivity contribution is -0.127. The summed E-state index contributed by atoms with van der Waals surface area (Å²) in [6, 6.07) is 3.94.